The van der Waals surface area contributed by atoms with Crippen molar-refractivity contribution in [2.75, 3.05) is 0 Å². The van der Waals surface area contributed by atoms with Gasteiger partial charge in [-0.1, -0.05) is 0 Å². The van der Waals surface area contributed by atoms with Crippen molar-refractivity contribution in [1.29, 1.82) is 5.26 Å². The lowest BCUT2D eigenvalue weighted by molar-refractivity contribution is 0.597. The molecule has 5 heteroatoms. The van der Waals surface area contributed by atoms with E-state index in [9.17, 15) is 9.18 Å². The second-order valence-corrected chi connectivity index (χ2v) is 3.07. The predicted octanol–water partition coefficient (Wildman–Crippen LogP) is 0.944. The Labute approximate surface area is 84.2 Å². The molecule has 0 amide bonds. The van der Waals surface area contributed by atoms with Crippen LogP contribution in [0.15, 0.2) is 23.0 Å². The van der Waals surface area contributed by atoms with Gasteiger partial charge in [0.05, 0.1) is 11.0 Å². The number of rotatable bonds is 0. The molecule has 0 atom stereocenters. The predicted molar refractivity (Wildman–Crippen MR) is 51.7 cm³/mol. The van der Waals surface area contributed by atoms with E-state index in [0.29, 0.717) is 11.0 Å². The molecular formula is C10H6FN3O. The van der Waals surface area contributed by atoms with E-state index in [1.807, 2.05) is 6.07 Å². The van der Waals surface area contributed by atoms with Crippen LogP contribution in [0.4, 0.5) is 4.39 Å². The number of hydrogen-bond donors (Lipinski definition) is 0. The number of halogens is 1. The maximum Gasteiger partial charge on any atom is 0.286 e. The summed E-state index contributed by atoms with van der Waals surface area (Å²) in [6.45, 7) is 0. The summed E-state index contributed by atoms with van der Waals surface area (Å²) in [5, 5.41) is 8.62. The fraction of sp³-hybridized carbons (Fsp3) is 0.100. The Morgan fingerprint density at radius 1 is 1.53 bits per heavy atom. The van der Waals surface area contributed by atoms with E-state index in [4.69, 9.17) is 5.26 Å². The number of hydrogen-bond acceptors (Lipinski definition) is 3. The van der Waals surface area contributed by atoms with Crippen molar-refractivity contribution >= 4 is 11.0 Å². The Morgan fingerprint density at radius 3 is 2.93 bits per heavy atom. The van der Waals surface area contributed by atoms with Crippen molar-refractivity contribution in [2.24, 2.45) is 7.05 Å². The third-order valence-corrected chi connectivity index (χ3v) is 2.15. The second-order valence-electron chi connectivity index (χ2n) is 3.07. The average molecular weight is 203 g/mol. The minimum atomic E-state index is -0.868. The summed E-state index contributed by atoms with van der Waals surface area (Å²) < 4.78 is 14.3. The minimum Gasteiger partial charge on any atom is -0.307 e. The highest BCUT2D eigenvalue weighted by molar-refractivity contribution is 5.75. The number of nitrogens with zero attached hydrogens (tertiary/aromatic N) is 3. The number of pyridine rings is 2. The van der Waals surface area contributed by atoms with Crippen LogP contribution in [0.3, 0.4) is 0 Å². The lowest BCUT2D eigenvalue weighted by Crippen LogP contribution is -2.20. The molecule has 0 fully saturated rings. The summed E-state index contributed by atoms with van der Waals surface area (Å²) in [6, 6.07) is 5.95. The summed E-state index contributed by atoms with van der Waals surface area (Å²) in [6.07, 6.45) is 0. The molecule has 0 saturated carbocycles. The molecule has 0 unspecified atom stereocenters. The van der Waals surface area contributed by atoms with Gasteiger partial charge in [-0.15, -0.1) is 0 Å². The summed E-state index contributed by atoms with van der Waals surface area (Å²) >= 11 is 0. The van der Waals surface area contributed by atoms with Gasteiger partial charge in [-0.2, -0.15) is 5.26 Å². The Kier molecular flexibility index (Phi) is 1.97. The topological polar surface area (TPSA) is 58.7 Å². The first-order valence-corrected chi connectivity index (χ1v) is 4.20. The first-order valence-electron chi connectivity index (χ1n) is 4.20. The zero-order chi connectivity index (χ0) is 11.0. The number of fused-ring (bicyclic) bond motifs is 1. The molecule has 0 spiro atoms. The van der Waals surface area contributed by atoms with Gasteiger partial charge in [0.2, 0.25) is 0 Å². The van der Waals surface area contributed by atoms with Gasteiger partial charge in [0.25, 0.3) is 5.56 Å². The molecule has 2 rings (SSSR count). The van der Waals surface area contributed by atoms with Gasteiger partial charge in [-0.3, -0.25) is 4.79 Å². The highest BCUT2D eigenvalue weighted by Crippen LogP contribution is 2.10. The highest BCUT2D eigenvalue weighted by Gasteiger charge is 2.07. The van der Waals surface area contributed by atoms with Crippen LogP contribution >= 0.6 is 0 Å². The monoisotopic (exact) mass is 203 g/mol. The van der Waals surface area contributed by atoms with Crippen LogP contribution in [0.5, 0.6) is 0 Å². The smallest absolute Gasteiger partial charge is 0.286 e. The van der Waals surface area contributed by atoms with E-state index in [1.165, 1.54) is 17.7 Å². The Balaban J connectivity index is 2.94. The molecule has 4 nitrogen and oxygen atoms in total. The zero-order valence-corrected chi connectivity index (χ0v) is 7.86. The van der Waals surface area contributed by atoms with Crippen LogP contribution in [-0.4, -0.2) is 9.55 Å². The molecule has 0 bridgehead atoms. The molecule has 2 aromatic rings. The van der Waals surface area contributed by atoms with Crippen molar-refractivity contribution in [2.45, 2.75) is 0 Å². The molecule has 0 aliphatic rings. The van der Waals surface area contributed by atoms with E-state index in [-0.39, 0.29) is 5.69 Å². The largest absolute Gasteiger partial charge is 0.307 e. The number of nitriles is 1. The Bertz CT molecular complexity index is 639. The summed E-state index contributed by atoms with van der Waals surface area (Å²) in [7, 11) is 1.46. The lowest BCUT2D eigenvalue weighted by atomic mass is 10.2. The third-order valence-electron chi connectivity index (χ3n) is 2.15. The number of aryl methyl sites for hydroxylation is 1. The fourth-order valence-electron chi connectivity index (χ4n) is 1.37. The molecule has 74 valence electrons. The first kappa shape index (κ1) is 9.34. The average Bonchev–Trinajstić information content (AvgIpc) is 2.25. The van der Waals surface area contributed by atoms with E-state index >= 15 is 0 Å². The maximum atomic E-state index is 13.1. The van der Waals surface area contributed by atoms with Crippen LogP contribution in [0.2, 0.25) is 0 Å². The molecule has 2 aromatic heterocycles. The Morgan fingerprint density at radius 2 is 2.27 bits per heavy atom. The van der Waals surface area contributed by atoms with E-state index < -0.39 is 11.4 Å². The second kappa shape index (κ2) is 3.17. The van der Waals surface area contributed by atoms with Gasteiger partial charge in [0.1, 0.15) is 11.8 Å². The van der Waals surface area contributed by atoms with Gasteiger partial charge in [0, 0.05) is 13.1 Å². The normalized spacial score (nSPS) is 10.2. The third kappa shape index (κ3) is 1.36. The fourth-order valence-corrected chi connectivity index (χ4v) is 1.37. The molecule has 0 aliphatic heterocycles. The molecule has 0 aromatic carbocycles. The Hall–Kier alpha value is -2.22. The minimum absolute atomic E-state index is 0.195. The van der Waals surface area contributed by atoms with E-state index in [2.05, 4.69) is 4.98 Å². The summed E-state index contributed by atoms with van der Waals surface area (Å²) in [4.78, 5) is 15.1. The first-order chi connectivity index (χ1) is 7.13. The SMILES string of the molecule is Cn1c(=O)c(F)cc2nc(C#N)ccc21. The van der Waals surface area contributed by atoms with Crippen LogP contribution in [-0.2, 0) is 7.05 Å². The van der Waals surface area contributed by atoms with Gasteiger partial charge < -0.3 is 4.57 Å². The standard InChI is InChI=1S/C10H6FN3O/c1-14-9-3-2-6(5-12)13-8(9)4-7(11)10(14)15/h2-4H,1H3. The molecule has 0 N–H and O–H groups in total. The van der Waals surface area contributed by atoms with E-state index in [0.717, 1.165) is 6.07 Å². The van der Waals surface area contributed by atoms with Crippen molar-refractivity contribution in [1.82, 2.24) is 9.55 Å². The summed E-state index contributed by atoms with van der Waals surface area (Å²) in [5.74, 6) is -0.868. The van der Waals surface area contributed by atoms with Gasteiger partial charge in [0.15, 0.2) is 5.82 Å². The van der Waals surface area contributed by atoms with Crippen molar-refractivity contribution in [3.8, 4) is 6.07 Å². The summed E-state index contributed by atoms with van der Waals surface area (Å²) in [5.41, 5.74) is 0.295. The van der Waals surface area contributed by atoms with Crippen molar-refractivity contribution in [3.05, 3.63) is 40.1 Å². The van der Waals surface area contributed by atoms with Crippen LogP contribution in [0.1, 0.15) is 5.69 Å². The van der Waals surface area contributed by atoms with Gasteiger partial charge >= 0.3 is 0 Å². The van der Waals surface area contributed by atoms with Crippen molar-refractivity contribution < 1.29 is 4.39 Å². The molecule has 0 aliphatic carbocycles. The maximum absolute atomic E-state index is 13.1. The molecule has 2 heterocycles. The quantitative estimate of drug-likeness (QED) is 0.640. The molecular weight excluding hydrogens is 197 g/mol. The van der Waals surface area contributed by atoms with Crippen LogP contribution < -0.4 is 5.56 Å². The highest BCUT2D eigenvalue weighted by atomic mass is 19.1. The molecule has 0 radical (unpaired) electrons. The lowest BCUT2D eigenvalue weighted by Gasteiger charge is -2.03. The van der Waals surface area contributed by atoms with E-state index in [1.54, 1.807) is 6.07 Å². The van der Waals surface area contributed by atoms with Gasteiger partial charge in [-0.05, 0) is 12.1 Å². The molecule has 0 saturated heterocycles. The van der Waals surface area contributed by atoms with Crippen LogP contribution in [0.25, 0.3) is 11.0 Å². The number of aromatic nitrogens is 2. The van der Waals surface area contributed by atoms with Crippen LogP contribution in [0, 0.1) is 17.1 Å². The zero-order valence-electron chi connectivity index (χ0n) is 7.86. The van der Waals surface area contributed by atoms with Crippen molar-refractivity contribution in [3.63, 3.8) is 0 Å². The molecule has 15 heavy (non-hydrogen) atoms. The van der Waals surface area contributed by atoms with Gasteiger partial charge in [-0.25, -0.2) is 9.37 Å².